The zero-order valence-corrected chi connectivity index (χ0v) is 15.0. The molecule has 7 heteroatoms. The Morgan fingerprint density at radius 1 is 1.12 bits per heavy atom. The summed E-state index contributed by atoms with van der Waals surface area (Å²) in [5.74, 6) is 0.192. The zero-order valence-electron chi connectivity index (χ0n) is 14.2. The molecule has 0 spiro atoms. The SMILES string of the molecule is O=C(CN1CCCC1=O)N1CCN(Cc2nc3ccccc3s2)CC1. The van der Waals surface area contributed by atoms with Gasteiger partial charge in [0.1, 0.15) is 5.01 Å². The molecule has 2 saturated heterocycles. The maximum atomic E-state index is 12.4. The fourth-order valence-corrected chi connectivity index (χ4v) is 4.48. The van der Waals surface area contributed by atoms with Crippen LogP contribution in [0.1, 0.15) is 17.8 Å². The predicted molar refractivity (Wildman–Crippen MR) is 97.3 cm³/mol. The molecule has 25 heavy (non-hydrogen) atoms. The first-order chi connectivity index (χ1) is 12.2. The Kier molecular flexibility index (Phi) is 4.67. The van der Waals surface area contributed by atoms with Crippen molar-refractivity contribution in [1.82, 2.24) is 19.7 Å². The Labute approximate surface area is 151 Å². The normalized spacial score (nSPS) is 19.1. The van der Waals surface area contributed by atoms with Crippen LogP contribution in [0, 0.1) is 0 Å². The molecule has 0 N–H and O–H groups in total. The quantitative estimate of drug-likeness (QED) is 0.832. The number of amides is 2. The molecule has 3 heterocycles. The van der Waals surface area contributed by atoms with Gasteiger partial charge in [-0.1, -0.05) is 12.1 Å². The number of hydrogen-bond acceptors (Lipinski definition) is 5. The van der Waals surface area contributed by atoms with E-state index in [2.05, 4.69) is 16.0 Å². The second kappa shape index (κ2) is 7.09. The monoisotopic (exact) mass is 358 g/mol. The number of benzene rings is 1. The number of carbonyl (C=O) groups excluding carboxylic acids is 2. The number of carbonyl (C=O) groups is 2. The molecule has 2 amide bonds. The van der Waals surface area contributed by atoms with Crippen LogP contribution < -0.4 is 0 Å². The van der Waals surface area contributed by atoms with Crippen LogP contribution in [-0.4, -0.2) is 70.8 Å². The Bertz CT molecular complexity index is 749. The van der Waals surface area contributed by atoms with Gasteiger partial charge < -0.3 is 9.80 Å². The smallest absolute Gasteiger partial charge is 0.242 e. The number of nitrogens with zero attached hydrogens (tertiary/aromatic N) is 4. The van der Waals surface area contributed by atoms with Crippen molar-refractivity contribution in [3.8, 4) is 0 Å². The molecule has 0 atom stereocenters. The lowest BCUT2D eigenvalue weighted by Gasteiger charge is -2.35. The molecule has 0 saturated carbocycles. The second-order valence-electron chi connectivity index (χ2n) is 6.65. The highest BCUT2D eigenvalue weighted by atomic mass is 32.1. The number of likely N-dealkylation sites (tertiary alicyclic amines) is 1. The molecule has 1 aromatic heterocycles. The van der Waals surface area contributed by atoms with Crippen molar-refractivity contribution < 1.29 is 9.59 Å². The number of hydrogen-bond donors (Lipinski definition) is 0. The number of fused-ring (bicyclic) bond motifs is 1. The number of thiazole rings is 1. The van der Waals surface area contributed by atoms with Crippen molar-refractivity contribution >= 4 is 33.4 Å². The number of rotatable bonds is 4. The van der Waals surface area contributed by atoms with Crippen LogP contribution in [0.5, 0.6) is 0 Å². The minimum absolute atomic E-state index is 0.0786. The van der Waals surface area contributed by atoms with E-state index in [4.69, 9.17) is 0 Å². The van der Waals surface area contributed by atoms with Crippen molar-refractivity contribution in [3.05, 3.63) is 29.3 Å². The van der Waals surface area contributed by atoms with Crippen LogP contribution in [0.4, 0.5) is 0 Å². The lowest BCUT2D eigenvalue weighted by atomic mass is 10.3. The molecule has 2 fully saturated rings. The van der Waals surface area contributed by atoms with Crippen molar-refractivity contribution in [3.63, 3.8) is 0 Å². The molecule has 132 valence electrons. The first-order valence-electron chi connectivity index (χ1n) is 8.81. The van der Waals surface area contributed by atoms with Crippen molar-refractivity contribution in [2.75, 3.05) is 39.3 Å². The summed E-state index contributed by atoms with van der Waals surface area (Å²) < 4.78 is 1.22. The third kappa shape index (κ3) is 3.67. The summed E-state index contributed by atoms with van der Waals surface area (Å²) in [6, 6.07) is 8.21. The van der Waals surface area contributed by atoms with Gasteiger partial charge in [0.15, 0.2) is 0 Å². The van der Waals surface area contributed by atoms with Gasteiger partial charge in [0.2, 0.25) is 11.8 Å². The predicted octanol–water partition coefficient (Wildman–Crippen LogP) is 1.56. The van der Waals surface area contributed by atoms with Crippen LogP contribution in [0.15, 0.2) is 24.3 Å². The number of aromatic nitrogens is 1. The summed E-state index contributed by atoms with van der Waals surface area (Å²) in [5, 5.41) is 1.13. The van der Waals surface area contributed by atoms with E-state index in [9.17, 15) is 9.59 Å². The molecular weight excluding hydrogens is 336 g/mol. The van der Waals surface area contributed by atoms with E-state index < -0.39 is 0 Å². The Balaban J connectivity index is 1.29. The van der Waals surface area contributed by atoms with Crippen molar-refractivity contribution in [2.24, 2.45) is 0 Å². The molecule has 2 aliphatic heterocycles. The topological polar surface area (TPSA) is 56.8 Å². The van der Waals surface area contributed by atoms with Gasteiger partial charge in [-0.3, -0.25) is 14.5 Å². The van der Waals surface area contributed by atoms with E-state index in [1.54, 1.807) is 16.2 Å². The minimum atomic E-state index is 0.0786. The summed E-state index contributed by atoms with van der Waals surface area (Å²) in [7, 11) is 0. The van der Waals surface area contributed by atoms with Crippen LogP contribution in [-0.2, 0) is 16.1 Å². The number of piperazine rings is 1. The molecular formula is C18H22N4O2S. The van der Waals surface area contributed by atoms with E-state index >= 15 is 0 Å². The Morgan fingerprint density at radius 2 is 1.92 bits per heavy atom. The largest absolute Gasteiger partial charge is 0.339 e. The first-order valence-corrected chi connectivity index (χ1v) is 9.63. The summed E-state index contributed by atoms with van der Waals surface area (Å²) >= 11 is 1.74. The summed E-state index contributed by atoms with van der Waals surface area (Å²) in [6.45, 7) is 4.98. The van der Waals surface area contributed by atoms with Crippen molar-refractivity contribution in [2.45, 2.75) is 19.4 Å². The molecule has 6 nitrogen and oxygen atoms in total. The Morgan fingerprint density at radius 3 is 2.64 bits per heavy atom. The maximum absolute atomic E-state index is 12.4. The van der Waals surface area contributed by atoms with Crippen LogP contribution in [0.2, 0.25) is 0 Å². The Hall–Kier alpha value is -1.99. The van der Waals surface area contributed by atoms with Gasteiger partial charge in [0.25, 0.3) is 0 Å². The second-order valence-corrected chi connectivity index (χ2v) is 7.77. The third-order valence-corrected chi connectivity index (χ3v) is 5.94. The lowest BCUT2D eigenvalue weighted by Crippen LogP contribution is -2.51. The van der Waals surface area contributed by atoms with E-state index in [1.165, 1.54) is 4.70 Å². The summed E-state index contributed by atoms with van der Waals surface area (Å²) in [5.41, 5.74) is 1.06. The van der Waals surface area contributed by atoms with Crippen LogP contribution >= 0.6 is 11.3 Å². The van der Waals surface area contributed by atoms with Crippen molar-refractivity contribution in [1.29, 1.82) is 0 Å². The van der Waals surface area contributed by atoms with E-state index in [-0.39, 0.29) is 18.4 Å². The molecule has 0 unspecified atom stereocenters. The number of para-hydroxylation sites is 1. The van der Waals surface area contributed by atoms with Gasteiger partial charge in [-0.25, -0.2) is 4.98 Å². The summed E-state index contributed by atoms with van der Waals surface area (Å²) in [4.78, 5) is 34.7. The minimum Gasteiger partial charge on any atom is -0.339 e. The standard InChI is InChI=1S/C18H22N4O2S/c23-17-6-3-7-22(17)13-18(24)21-10-8-20(9-11-21)12-16-19-14-4-1-2-5-15(14)25-16/h1-2,4-5H,3,6-13H2. The first kappa shape index (κ1) is 16.5. The molecule has 0 aliphatic carbocycles. The van der Waals surface area contributed by atoms with Gasteiger partial charge in [-0.05, 0) is 18.6 Å². The molecule has 2 aromatic rings. The highest BCUT2D eigenvalue weighted by Gasteiger charge is 2.27. The van der Waals surface area contributed by atoms with Gasteiger partial charge >= 0.3 is 0 Å². The molecule has 2 aliphatic rings. The van der Waals surface area contributed by atoms with Crippen LogP contribution in [0.25, 0.3) is 10.2 Å². The molecule has 0 radical (unpaired) electrons. The highest BCUT2D eigenvalue weighted by Crippen LogP contribution is 2.23. The average Bonchev–Trinajstić information content (AvgIpc) is 3.21. The van der Waals surface area contributed by atoms with Crippen LogP contribution in [0.3, 0.4) is 0 Å². The van der Waals surface area contributed by atoms with Gasteiger partial charge in [-0.15, -0.1) is 11.3 Å². The van der Waals surface area contributed by atoms with Gasteiger partial charge in [0, 0.05) is 39.1 Å². The maximum Gasteiger partial charge on any atom is 0.242 e. The van der Waals surface area contributed by atoms with Gasteiger partial charge in [-0.2, -0.15) is 0 Å². The fourth-order valence-electron chi connectivity index (χ4n) is 3.47. The average molecular weight is 358 g/mol. The fraction of sp³-hybridized carbons (Fsp3) is 0.500. The van der Waals surface area contributed by atoms with E-state index in [0.717, 1.165) is 56.2 Å². The zero-order chi connectivity index (χ0) is 17.2. The van der Waals surface area contributed by atoms with E-state index in [1.807, 2.05) is 23.1 Å². The van der Waals surface area contributed by atoms with E-state index in [0.29, 0.717) is 6.42 Å². The molecule has 4 rings (SSSR count). The lowest BCUT2D eigenvalue weighted by molar-refractivity contribution is -0.139. The highest BCUT2D eigenvalue weighted by molar-refractivity contribution is 7.18. The molecule has 1 aromatic carbocycles. The third-order valence-electron chi connectivity index (χ3n) is 4.92. The molecule has 0 bridgehead atoms. The van der Waals surface area contributed by atoms with Gasteiger partial charge in [0.05, 0.1) is 23.3 Å². The summed E-state index contributed by atoms with van der Waals surface area (Å²) in [6.07, 6.45) is 1.46.